The van der Waals surface area contributed by atoms with Gasteiger partial charge in [-0.15, -0.1) is 0 Å². The molecule has 5 nitrogen and oxygen atoms in total. The Kier molecular flexibility index (Phi) is 4.30. The third-order valence-corrected chi connectivity index (χ3v) is 3.73. The molecule has 1 heterocycles. The normalized spacial score (nSPS) is 12.1. The lowest BCUT2D eigenvalue weighted by Gasteiger charge is -2.12. The zero-order chi connectivity index (χ0) is 16.2. The number of H-pyrrole nitrogens is 1. The van der Waals surface area contributed by atoms with Crippen molar-refractivity contribution < 1.29 is 14.6 Å². The topological polar surface area (TPSA) is 74.3 Å². The molecule has 118 valence electrons. The lowest BCUT2D eigenvalue weighted by atomic mass is 10.1. The van der Waals surface area contributed by atoms with Gasteiger partial charge in [0, 0.05) is 17.4 Å². The zero-order valence-corrected chi connectivity index (χ0v) is 12.7. The summed E-state index contributed by atoms with van der Waals surface area (Å²) in [7, 11) is 1.59. The molecular weight excluding hydrogens is 292 g/mol. The Labute approximate surface area is 133 Å². The summed E-state index contributed by atoms with van der Waals surface area (Å²) in [6, 6.07) is 16.6. The molecule has 0 bridgehead atoms. The molecule has 1 atom stereocenters. The molecular formula is C18H18N2O3. The number of fused-ring (bicyclic) bond motifs is 1. The fourth-order valence-electron chi connectivity index (χ4n) is 2.42. The summed E-state index contributed by atoms with van der Waals surface area (Å²) in [5, 5.41) is 13.9. The summed E-state index contributed by atoms with van der Waals surface area (Å²) in [6.45, 7) is 0.139. The average Bonchev–Trinajstić information content (AvgIpc) is 3.03. The van der Waals surface area contributed by atoms with Crippen LogP contribution >= 0.6 is 0 Å². The smallest absolute Gasteiger partial charge is 0.267 e. The quantitative estimate of drug-likeness (QED) is 0.678. The van der Waals surface area contributed by atoms with Gasteiger partial charge in [0.25, 0.3) is 5.91 Å². The standard InChI is InChI=1S/C18H18N2O3/c1-23-14-8-6-12(7-9-14)17(21)11-19-18(22)16-10-13-4-2-3-5-15(13)20-16/h2-10,17,20-21H,11H2,1H3,(H,19,22). The van der Waals surface area contributed by atoms with E-state index in [1.165, 1.54) is 0 Å². The van der Waals surface area contributed by atoms with Crippen LogP contribution < -0.4 is 10.1 Å². The molecule has 1 aromatic heterocycles. The average molecular weight is 310 g/mol. The summed E-state index contributed by atoms with van der Waals surface area (Å²) >= 11 is 0. The van der Waals surface area contributed by atoms with E-state index < -0.39 is 6.10 Å². The highest BCUT2D eigenvalue weighted by atomic mass is 16.5. The van der Waals surface area contributed by atoms with Gasteiger partial charge < -0.3 is 20.1 Å². The van der Waals surface area contributed by atoms with Gasteiger partial charge in [-0.3, -0.25) is 4.79 Å². The van der Waals surface area contributed by atoms with E-state index in [2.05, 4.69) is 10.3 Å². The molecule has 0 radical (unpaired) electrons. The van der Waals surface area contributed by atoms with E-state index in [9.17, 15) is 9.90 Å². The first-order chi connectivity index (χ1) is 11.2. The first-order valence-electron chi connectivity index (χ1n) is 7.35. The van der Waals surface area contributed by atoms with Crippen LogP contribution in [-0.2, 0) is 0 Å². The van der Waals surface area contributed by atoms with Crippen molar-refractivity contribution in [3.8, 4) is 5.75 Å². The number of aliphatic hydroxyl groups is 1. The molecule has 0 spiro atoms. The van der Waals surface area contributed by atoms with Crippen molar-refractivity contribution in [3.05, 3.63) is 65.9 Å². The maximum absolute atomic E-state index is 12.2. The van der Waals surface area contributed by atoms with Crippen LogP contribution in [0.15, 0.2) is 54.6 Å². The molecule has 0 aliphatic carbocycles. The number of hydrogen-bond acceptors (Lipinski definition) is 3. The number of methoxy groups -OCH3 is 1. The van der Waals surface area contributed by atoms with E-state index in [1.54, 1.807) is 37.4 Å². The summed E-state index contributed by atoms with van der Waals surface area (Å²) in [5.41, 5.74) is 2.12. The summed E-state index contributed by atoms with van der Waals surface area (Å²) in [6.07, 6.45) is -0.769. The van der Waals surface area contributed by atoms with Gasteiger partial charge in [0.15, 0.2) is 0 Å². The van der Waals surface area contributed by atoms with Crippen molar-refractivity contribution in [1.29, 1.82) is 0 Å². The lowest BCUT2D eigenvalue weighted by molar-refractivity contribution is 0.0912. The second-order valence-corrected chi connectivity index (χ2v) is 5.27. The van der Waals surface area contributed by atoms with Crippen LogP contribution in [0, 0.1) is 0 Å². The largest absolute Gasteiger partial charge is 0.497 e. The number of aliphatic hydroxyl groups excluding tert-OH is 1. The fourth-order valence-corrected chi connectivity index (χ4v) is 2.42. The summed E-state index contributed by atoms with van der Waals surface area (Å²) in [4.78, 5) is 15.2. The Morgan fingerprint density at radius 3 is 2.65 bits per heavy atom. The molecule has 1 amide bonds. The van der Waals surface area contributed by atoms with Gasteiger partial charge in [0.2, 0.25) is 0 Å². The summed E-state index contributed by atoms with van der Waals surface area (Å²) in [5.74, 6) is 0.483. The van der Waals surface area contributed by atoms with E-state index in [4.69, 9.17) is 4.74 Å². The van der Waals surface area contributed by atoms with Crippen molar-refractivity contribution in [2.45, 2.75) is 6.10 Å². The minimum Gasteiger partial charge on any atom is -0.497 e. The minimum atomic E-state index is -0.769. The number of rotatable bonds is 5. The molecule has 0 saturated carbocycles. The molecule has 5 heteroatoms. The van der Waals surface area contributed by atoms with Crippen molar-refractivity contribution in [3.63, 3.8) is 0 Å². The van der Waals surface area contributed by atoms with Gasteiger partial charge in [-0.2, -0.15) is 0 Å². The number of nitrogens with one attached hydrogen (secondary N) is 2. The number of carbonyl (C=O) groups is 1. The van der Waals surface area contributed by atoms with E-state index in [1.807, 2.05) is 24.3 Å². The van der Waals surface area contributed by atoms with Crippen molar-refractivity contribution in [2.75, 3.05) is 13.7 Å². The SMILES string of the molecule is COc1ccc(C(O)CNC(=O)c2cc3ccccc3[nH]2)cc1. The monoisotopic (exact) mass is 310 g/mol. The number of amides is 1. The van der Waals surface area contributed by atoms with Gasteiger partial charge in [0.05, 0.1) is 13.2 Å². The lowest BCUT2D eigenvalue weighted by Crippen LogP contribution is -2.28. The Morgan fingerprint density at radius 2 is 1.96 bits per heavy atom. The van der Waals surface area contributed by atoms with Crippen LogP contribution in [-0.4, -0.2) is 29.7 Å². The molecule has 23 heavy (non-hydrogen) atoms. The number of hydrogen-bond donors (Lipinski definition) is 3. The van der Waals surface area contributed by atoms with Gasteiger partial charge in [-0.1, -0.05) is 30.3 Å². The van der Waals surface area contributed by atoms with E-state index in [0.717, 1.165) is 22.2 Å². The van der Waals surface area contributed by atoms with Gasteiger partial charge in [-0.25, -0.2) is 0 Å². The van der Waals surface area contributed by atoms with Crippen LogP contribution in [0.5, 0.6) is 5.75 Å². The maximum atomic E-state index is 12.2. The molecule has 0 aliphatic heterocycles. The second-order valence-electron chi connectivity index (χ2n) is 5.27. The first kappa shape index (κ1) is 15.1. The highest BCUT2D eigenvalue weighted by Gasteiger charge is 2.12. The fraction of sp³-hybridized carbons (Fsp3) is 0.167. The highest BCUT2D eigenvalue weighted by Crippen LogP contribution is 2.18. The number of aromatic amines is 1. The van der Waals surface area contributed by atoms with Crippen molar-refractivity contribution >= 4 is 16.8 Å². The Hall–Kier alpha value is -2.79. The molecule has 2 aromatic carbocycles. The molecule has 3 aromatic rings. The number of carbonyl (C=O) groups excluding carboxylic acids is 1. The Bertz CT molecular complexity index is 776. The predicted molar refractivity (Wildman–Crippen MR) is 88.6 cm³/mol. The number of ether oxygens (including phenoxy) is 1. The van der Waals surface area contributed by atoms with E-state index >= 15 is 0 Å². The van der Waals surface area contributed by atoms with Gasteiger partial charge >= 0.3 is 0 Å². The highest BCUT2D eigenvalue weighted by molar-refractivity contribution is 5.97. The third kappa shape index (κ3) is 3.35. The van der Waals surface area contributed by atoms with Crippen LogP contribution in [0.1, 0.15) is 22.2 Å². The van der Waals surface area contributed by atoms with Crippen LogP contribution in [0.25, 0.3) is 10.9 Å². The summed E-state index contributed by atoms with van der Waals surface area (Å²) < 4.78 is 5.08. The second kappa shape index (κ2) is 6.54. The van der Waals surface area contributed by atoms with Crippen LogP contribution in [0.2, 0.25) is 0 Å². The van der Waals surface area contributed by atoms with E-state index in [0.29, 0.717) is 5.69 Å². The molecule has 0 saturated heterocycles. The predicted octanol–water partition coefficient (Wildman–Crippen LogP) is 2.64. The van der Waals surface area contributed by atoms with Gasteiger partial charge in [0.1, 0.15) is 11.4 Å². The third-order valence-electron chi connectivity index (χ3n) is 3.73. The number of benzene rings is 2. The first-order valence-corrected chi connectivity index (χ1v) is 7.35. The van der Waals surface area contributed by atoms with E-state index in [-0.39, 0.29) is 12.5 Å². The Balaban J connectivity index is 1.63. The number of para-hydroxylation sites is 1. The van der Waals surface area contributed by atoms with Crippen molar-refractivity contribution in [1.82, 2.24) is 10.3 Å². The molecule has 0 fully saturated rings. The van der Waals surface area contributed by atoms with Crippen molar-refractivity contribution in [2.24, 2.45) is 0 Å². The molecule has 3 N–H and O–H groups in total. The molecule has 3 rings (SSSR count). The van der Waals surface area contributed by atoms with Gasteiger partial charge in [-0.05, 0) is 29.8 Å². The van der Waals surface area contributed by atoms with Crippen LogP contribution in [0.4, 0.5) is 0 Å². The molecule has 1 unspecified atom stereocenters. The minimum absolute atomic E-state index is 0.139. The molecule has 0 aliphatic rings. The Morgan fingerprint density at radius 1 is 1.22 bits per heavy atom. The van der Waals surface area contributed by atoms with Crippen LogP contribution in [0.3, 0.4) is 0 Å². The maximum Gasteiger partial charge on any atom is 0.267 e. The zero-order valence-electron chi connectivity index (χ0n) is 12.7. The number of aromatic nitrogens is 1.